The SMILES string of the molecule is Cc1ccc(S(=O)(=O)N(CCc2ccc(-n3c(-c4ccccc4)nc4c(C)nc(C)cc43)cc2)C(=O)[O-])cc1. The van der Waals surface area contributed by atoms with Crippen LogP contribution in [0.15, 0.2) is 89.8 Å². The van der Waals surface area contributed by atoms with E-state index in [1.165, 1.54) is 12.1 Å². The molecule has 0 aliphatic carbocycles. The molecule has 0 spiro atoms. The lowest BCUT2D eigenvalue weighted by Crippen LogP contribution is -2.45. The third-order valence-electron chi connectivity index (χ3n) is 6.59. The predicted octanol–water partition coefficient (Wildman–Crippen LogP) is 4.59. The first kappa shape index (κ1) is 26.1. The average molecular weight is 540 g/mol. The number of benzene rings is 3. The first-order valence-corrected chi connectivity index (χ1v) is 13.9. The second-order valence-corrected chi connectivity index (χ2v) is 11.3. The monoisotopic (exact) mass is 539 g/mol. The topological polar surface area (TPSA) is 108 Å². The molecular formula is C30H27N4O4S-. The number of carboxylic acid groups (broad SMARTS) is 1. The maximum atomic E-state index is 13.0. The number of aromatic nitrogens is 3. The molecule has 5 aromatic rings. The summed E-state index contributed by atoms with van der Waals surface area (Å²) in [5, 5.41) is 11.8. The quantitative estimate of drug-likeness (QED) is 0.299. The molecule has 9 heteroatoms. The van der Waals surface area contributed by atoms with Gasteiger partial charge in [-0.1, -0.05) is 60.2 Å². The van der Waals surface area contributed by atoms with E-state index in [9.17, 15) is 18.3 Å². The summed E-state index contributed by atoms with van der Waals surface area (Å²) in [6.07, 6.45) is -1.57. The van der Waals surface area contributed by atoms with Gasteiger partial charge >= 0.3 is 0 Å². The summed E-state index contributed by atoms with van der Waals surface area (Å²) in [7, 11) is -4.25. The zero-order chi connectivity index (χ0) is 27.7. The average Bonchev–Trinajstić information content (AvgIpc) is 3.29. The molecule has 0 aliphatic heterocycles. The molecule has 0 bridgehead atoms. The summed E-state index contributed by atoms with van der Waals surface area (Å²) in [6.45, 7) is 5.46. The van der Waals surface area contributed by atoms with Crippen molar-refractivity contribution in [2.45, 2.75) is 32.1 Å². The van der Waals surface area contributed by atoms with Crippen molar-refractivity contribution in [1.82, 2.24) is 18.8 Å². The van der Waals surface area contributed by atoms with Crippen LogP contribution < -0.4 is 5.11 Å². The third-order valence-corrected chi connectivity index (χ3v) is 8.37. The number of pyridine rings is 1. The molecule has 0 fully saturated rings. The first-order chi connectivity index (χ1) is 18.6. The molecule has 198 valence electrons. The number of imidazole rings is 1. The van der Waals surface area contributed by atoms with E-state index in [-0.39, 0.29) is 17.9 Å². The van der Waals surface area contributed by atoms with Crippen molar-refractivity contribution < 1.29 is 18.3 Å². The molecule has 5 rings (SSSR count). The Hall–Kier alpha value is -4.50. The molecule has 0 N–H and O–H groups in total. The van der Waals surface area contributed by atoms with Gasteiger partial charge in [0.05, 0.1) is 16.1 Å². The van der Waals surface area contributed by atoms with Gasteiger partial charge in [0.25, 0.3) is 10.0 Å². The van der Waals surface area contributed by atoms with Crippen LogP contribution in [-0.4, -0.2) is 39.9 Å². The van der Waals surface area contributed by atoms with Crippen molar-refractivity contribution in [3.8, 4) is 17.1 Å². The van der Waals surface area contributed by atoms with Crippen LogP contribution in [0.3, 0.4) is 0 Å². The minimum atomic E-state index is -4.25. The van der Waals surface area contributed by atoms with Gasteiger partial charge in [0.2, 0.25) is 0 Å². The van der Waals surface area contributed by atoms with E-state index >= 15 is 0 Å². The second kappa shape index (κ2) is 10.3. The number of rotatable bonds is 7. The highest BCUT2D eigenvalue weighted by atomic mass is 32.2. The molecule has 0 aliphatic rings. The van der Waals surface area contributed by atoms with Crippen LogP contribution in [-0.2, 0) is 16.4 Å². The Bertz CT molecular complexity index is 1760. The Morgan fingerprint density at radius 3 is 2.21 bits per heavy atom. The number of nitrogens with zero attached hydrogens (tertiary/aromatic N) is 4. The van der Waals surface area contributed by atoms with Gasteiger partial charge in [-0.3, -0.25) is 13.9 Å². The number of aryl methyl sites for hydroxylation is 3. The minimum absolute atomic E-state index is 0.0897. The van der Waals surface area contributed by atoms with E-state index in [4.69, 9.17) is 4.98 Å². The Kier molecular flexibility index (Phi) is 6.93. The van der Waals surface area contributed by atoms with Gasteiger partial charge in [0.15, 0.2) is 6.09 Å². The predicted molar refractivity (Wildman–Crippen MR) is 148 cm³/mol. The Morgan fingerprint density at radius 2 is 1.56 bits per heavy atom. The van der Waals surface area contributed by atoms with Crippen LogP contribution in [0.1, 0.15) is 22.5 Å². The number of carbonyl (C=O) groups is 1. The van der Waals surface area contributed by atoms with E-state index < -0.39 is 16.1 Å². The fourth-order valence-corrected chi connectivity index (χ4v) is 5.87. The molecule has 0 saturated heterocycles. The second-order valence-electron chi connectivity index (χ2n) is 9.43. The number of amides is 1. The summed E-state index contributed by atoms with van der Waals surface area (Å²) in [6, 6.07) is 25.5. The fraction of sp³-hybridized carbons (Fsp3) is 0.167. The standard InChI is InChI=1S/C30H28N4O4S/c1-20-9-15-26(16-10-20)39(37,38)33(30(35)36)18-17-23-11-13-25(14-12-23)34-27-19-21(2)31-22(3)28(27)32-29(34)24-7-5-4-6-8-24/h4-16,19H,17-18H2,1-3H3,(H,35,36)/p-1. The van der Waals surface area contributed by atoms with Gasteiger partial charge in [0, 0.05) is 23.5 Å². The van der Waals surface area contributed by atoms with Gasteiger partial charge in [-0.2, -0.15) is 0 Å². The normalized spacial score (nSPS) is 11.6. The van der Waals surface area contributed by atoms with Crippen molar-refractivity contribution in [1.29, 1.82) is 0 Å². The minimum Gasteiger partial charge on any atom is -0.529 e. The third kappa shape index (κ3) is 5.13. The van der Waals surface area contributed by atoms with Crippen LogP contribution >= 0.6 is 0 Å². The lowest BCUT2D eigenvalue weighted by Gasteiger charge is -2.24. The van der Waals surface area contributed by atoms with Gasteiger partial charge in [0.1, 0.15) is 11.3 Å². The summed E-state index contributed by atoms with van der Waals surface area (Å²) in [5.74, 6) is 0.779. The summed E-state index contributed by atoms with van der Waals surface area (Å²) in [4.78, 5) is 21.2. The van der Waals surface area contributed by atoms with Crippen LogP contribution in [0.25, 0.3) is 28.1 Å². The molecule has 3 aromatic carbocycles. The summed E-state index contributed by atoms with van der Waals surface area (Å²) < 4.78 is 28.4. The van der Waals surface area contributed by atoms with Crippen molar-refractivity contribution in [2.75, 3.05) is 6.54 Å². The van der Waals surface area contributed by atoms with E-state index in [1.54, 1.807) is 12.1 Å². The molecule has 2 heterocycles. The van der Waals surface area contributed by atoms with Crippen molar-refractivity contribution >= 4 is 27.1 Å². The van der Waals surface area contributed by atoms with E-state index in [1.807, 2.05) is 81.4 Å². The largest absolute Gasteiger partial charge is 0.529 e. The zero-order valence-electron chi connectivity index (χ0n) is 21.8. The van der Waals surface area contributed by atoms with E-state index in [2.05, 4.69) is 9.55 Å². The van der Waals surface area contributed by atoms with Crippen molar-refractivity contribution in [3.63, 3.8) is 0 Å². The highest BCUT2D eigenvalue weighted by Crippen LogP contribution is 2.30. The maximum absolute atomic E-state index is 13.0. The van der Waals surface area contributed by atoms with Crippen molar-refractivity contribution in [3.05, 3.63) is 107 Å². The molecule has 0 atom stereocenters. The van der Waals surface area contributed by atoms with Crippen LogP contribution in [0, 0.1) is 20.8 Å². The Morgan fingerprint density at radius 1 is 0.897 bits per heavy atom. The molecule has 0 saturated carbocycles. The maximum Gasteiger partial charge on any atom is 0.265 e. The number of sulfonamides is 1. The van der Waals surface area contributed by atoms with Gasteiger partial charge < -0.3 is 9.90 Å². The molecule has 2 aromatic heterocycles. The molecule has 0 radical (unpaired) electrons. The highest BCUT2D eigenvalue weighted by molar-refractivity contribution is 7.89. The fourth-order valence-electron chi connectivity index (χ4n) is 4.61. The van der Waals surface area contributed by atoms with Crippen LogP contribution in [0.5, 0.6) is 0 Å². The zero-order valence-corrected chi connectivity index (χ0v) is 22.6. The number of carbonyl (C=O) groups excluding carboxylic acids is 1. The lowest BCUT2D eigenvalue weighted by molar-refractivity contribution is -0.259. The molecule has 39 heavy (non-hydrogen) atoms. The van der Waals surface area contributed by atoms with E-state index in [0.29, 0.717) is 4.31 Å². The summed E-state index contributed by atoms with van der Waals surface area (Å²) in [5.41, 5.74) is 6.95. The molecule has 8 nitrogen and oxygen atoms in total. The van der Waals surface area contributed by atoms with Crippen molar-refractivity contribution in [2.24, 2.45) is 0 Å². The highest BCUT2D eigenvalue weighted by Gasteiger charge is 2.24. The Balaban J connectivity index is 1.46. The van der Waals surface area contributed by atoms with Gasteiger partial charge in [-0.05, 0) is 63.1 Å². The Labute approximate surface area is 227 Å². The molecular weight excluding hydrogens is 512 g/mol. The summed E-state index contributed by atoms with van der Waals surface area (Å²) >= 11 is 0. The van der Waals surface area contributed by atoms with E-state index in [0.717, 1.165) is 50.6 Å². The van der Waals surface area contributed by atoms with Gasteiger partial charge in [-0.25, -0.2) is 13.4 Å². The van der Waals surface area contributed by atoms with Crippen LogP contribution in [0.4, 0.5) is 4.79 Å². The molecule has 1 amide bonds. The first-order valence-electron chi connectivity index (χ1n) is 12.5. The lowest BCUT2D eigenvalue weighted by atomic mass is 10.1. The molecule has 0 unspecified atom stereocenters. The smallest absolute Gasteiger partial charge is 0.265 e. The number of hydrogen-bond donors (Lipinski definition) is 0. The van der Waals surface area contributed by atoms with Gasteiger partial charge in [-0.15, -0.1) is 0 Å². The number of fused-ring (bicyclic) bond motifs is 1. The number of hydrogen-bond acceptors (Lipinski definition) is 6. The van der Waals surface area contributed by atoms with Crippen LogP contribution in [0.2, 0.25) is 0 Å².